The fourth-order valence-electron chi connectivity index (χ4n) is 7.28. The van der Waals surface area contributed by atoms with Crippen molar-refractivity contribution in [2.45, 2.75) is 70.5 Å². The van der Waals surface area contributed by atoms with Crippen LogP contribution in [0.3, 0.4) is 0 Å². The zero-order valence-electron chi connectivity index (χ0n) is 15.7. The molecule has 0 aromatic heterocycles. The topological polar surface area (TPSA) is 94.8 Å². The lowest BCUT2D eigenvalue weighted by Crippen LogP contribution is -2.62. The van der Waals surface area contributed by atoms with E-state index >= 15 is 0 Å². The van der Waals surface area contributed by atoms with E-state index in [4.69, 9.17) is 0 Å². The van der Waals surface area contributed by atoms with Gasteiger partial charge in [-0.05, 0) is 67.8 Å². The highest BCUT2D eigenvalue weighted by molar-refractivity contribution is 5.91. The van der Waals surface area contributed by atoms with Gasteiger partial charge in [0.1, 0.15) is 12.2 Å². The SMILES string of the molecule is C[C@]12CCC(=O)C=C1CC[C@@H]1C2C(O)C[C@@]2(C)[C@H]1CC[C@]2(O)C(=O)CO. The van der Waals surface area contributed by atoms with Crippen molar-refractivity contribution in [1.82, 2.24) is 0 Å². The second-order valence-corrected chi connectivity index (χ2v) is 9.56. The van der Waals surface area contributed by atoms with E-state index in [1.807, 2.05) is 6.92 Å². The molecule has 0 aromatic carbocycles. The Morgan fingerprint density at radius 2 is 1.96 bits per heavy atom. The molecule has 4 aliphatic rings. The molecule has 2 unspecified atom stereocenters. The molecule has 3 saturated carbocycles. The molecule has 0 spiro atoms. The number of carbonyl (C=O) groups excluding carboxylic acids is 2. The third-order valence-electron chi connectivity index (χ3n) is 8.65. The normalized spacial score (nSPS) is 50.5. The van der Waals surface area contributed by atoms with Crippen molar-refractivity contribution < 1.29 is 24.9 Å². The predicted octanol–water partition coefficient (Wildman–Crippen LogP) is 1.78. The molecule has 0 aromatic rings. The minimum Gasteiger partial charge on any atom is -0.393 e. The minimum atomic E-state index is -1.54. The summed E-state index contributed by atoms with van der Waals surface area (Å²) in [7, 11) is 0. The number of aliphatic hydroxyl groups is 3. The lowest BCUT2D eigenvalue weighted by Gasteiger charge is -2.60. The van der Waals surface area contributed by atoms with E-state index < -0.39 is 29.5 Å². The van der Waals surface area contributed by atoms with Gasteiger partial charge in [0, 0.05) is 11.8 Å². The Labute approximate surface area is 154 Å². The first-order valence-electron chi connectivity index (χ1n) is 9.96. The van der Waals surface area contributed by atoms with E-state index in [0.717, 1.165) is 25.7 Å². The van der Waals surface area contributed by atoms with E-state index in [1.165, 1.54) is 5.57 Å². The van der Waals surface area contributed by atoms with Gasteiger partial charge in [-0.15, -0.1) is 0 Å². The summed E-state index contributed by atoms with van der Waals surface area (Å²) < 4.78 is 0. The molecule has 0 heterocycles. The number of hydrogen-bond donors (Lipinski definition) is 3. The highest BCUT2D eigenvalue weighted by Gasteiger charge is 2.68. The van der Waals surface area contributed by atoms with Crippen molar-refractivity contribution in [3.8, 4) is 0 Å². The molecule has 0 bridgehead atoms. The molecule has 4 aliphatic carbocycles. The summed E-state index contributed by atoms with van der Waals surface area (Å²) in [6, 6.07) is 0. The van der Waals surface area contributed by atoms with E-state index in [1.54, 1.807) is 6.08 Å². The van der Waals surface area contributed by atoms with E-state index in [9.17, 15) is 24.9 Å². The third kappa shape index (κ3) is 2.14. The van der Waals surface area contributed by atoms with Gasteiger partial charge >= 0.3 is 0 Å². The number of aliphatic hydroxyl groups excluding tert-OH is 2. The van der Waals surface area contributed by atoms with Crippen LogP contribution >= 0.6 is 0 Å². The quantitative estimate of drug-likeness (QED) is 0.696. The zero-order valence-corrected chi connectivity index (χ0v) is 15.7. The number of allylic oxidation sites excluding steroid dienone is 1. The van der Waals surface area contributed by atoms with Crippen LogP contribution in [-0.4, -0.2) is 45.2 Å². The van der Waals surface area contributed by atoms with Crippen LogP contribution in [0.15, 0.2) is 11.6 Å². The predicted molar refractivity (Wildman–Crippen MR) is 95.1 cm³/mol. The van der Waals surface area contributed by atoms with Crippen LogP contribution in [0.5, 0.6) is 0 Å². The molecule has 4 rings (SSSR count). The Morgan fingerprint density at radius 1 is 1.23 bits per heavy atom. The number of Topliss-reactive ketones (excluding diaryl/α,β-unsaturated/α-hetero) is 1. The molecule has 3 fully saturated rings. The molecule has 0 saturated heterocycles. The second-order valence-electron chi connectivity index (χ2n) is 9.56. The fourth-order valence-corrected chi connectivity index (χ4v) is 7.28. The van der Waals surface area contributed by atoms with Crippen LogP contribution in [0.25, 0.3) is 0 Å². The Bertz CT molecular complexity index is 684. The van der Waals surface area contributed by atoms with E-state index in [2.05, 4.69) is 6.92 Å². The monoisotopic (exact) mass is 362 g/mol. The average Bonchev–Trinajstić information content (AvgIpc) is 2.86. The summed E-state index contributed by atoms with van der Waals surface area (Å²) in [4.78, 5) is 24.3. The first-order chi connectivity index (χ1) is 12.2. The van der Waals surface area contributed by atoms with Gasteiger partial charge in [0.25, 0.3) is 0 Å². The minimum absolute atomic E-state index is 0.0697. The number of rotatable bonds is 2. The van der Waals surface area contributed by atoms with Crippen LogP contribution in [0, 0.1) is 28.6 Å². The molecule has 5 heteroatoms. The smallest absolute Gasteiger partial charge is 0.190 e. The van der Waals surface area contributed by atoms with Crippen LogP contribution < -0.4 is 0 Å². The van der Waals surface area contributed by atoms with Gasteiger partial charge in [-0.3, -0.25) is 9.59 Å². The van der Waals surface area contributed by atoms with Crippen LogP contribution in [0.2, 0.25) is 0 Å². The largest absolute Gasteiger partial charge is 0.393 e. The van der Waals surface area contributed by atoms with Gasteiger partial charge < -0.3 is 15.3 Å². The van der Waals surface area contributed by atoms with Crippen molar-refractivity contribution in [2.24, 2.45) is 28.6 Å². The first kappa shape index (κ1) is 18.3. The number of fused-ring (bicyclic) bond motifs is 5. The fraction of sp³-hybridized carbons (Fsp3) is 0.810. The van der Waals surface area contributed by atoms with Gasteiger partial charge in [-0.25, -0.2) is 0 Å². The summed E-state index contributed by atoms with van der Waals surface area (Å²) in [6.45, 7) is 3.46. The van der Waals surface area contributed by atoms with Crippen molar-refractivity contribution in [3.05, 3.63) is 11.6 Å². The summed E-state index contributed by atoms with van der Waals surface area (Å²) in [5.41, 5.74) is -1.23. The van der Waals surface area contributed by atoms with Crippen LogP contribution in [0.4, 0.5) is 0 Å². The van der Waals surface area contributed by atoms with Crippen LogP contribution in [0.1, 0.15) is 58.8 Å². The van der Waals surface area contributed by atoms with Crippen molar-refractivity contribution >= 4 is 11.6 Å². The van der Waals surface area contributed by atoms with Gasteiger partial charge in [-0.1, -0.05) is 19.4 Å². The molecule has 0 radical (unpaired) electrons. The summed E-state index contributed by atoms with van der Waals surface area (Å²) in [5.74, 6) is 0.140. The van der Waals surface area contributed by atoms with Gasteiger partial charge in [0.15, 0.2) is 11.6 Å². The Kier molecular flexibility index (Phi) is 4.04. The van der Waals surface area contributed by atoms with E-state index in [0.29, 0.717) is 19.3 Å². The van der Waals surface area contributed by atoms with Crippen molar-refractivity contribution in [1.29, 1.82) is 0 Å². The van der Waals surface area contributed by atoms with Crippen LogP contribution in [-0.2, 0) is 9.59 Å². The maximum atomic E-state index is 12.4. The Balaban J connectivity index is 1.74. The number of carbonyl (C=O) groups is 2. The van der Waals surface area contributed by atoms with Crippen molar-refractivity contribution in [3.63, 3.8) is 0 Å². The first-order valence-corrected chi connectivity index (χ1v) is 9.96. The lowest BCUT2D eigenvalue weighted by atomic mass is 9.45. The summed E-state index contributed by atoms with van der Waals surface area (Å²) >= 11 is 0. The maximum Gasteiger partial charge on any atom is 0.190 e. The molecule has 0 aliphatic heterocycles. The molecule has 0 amide bonds. The third-order valence-corrected chi connectivity index (χ3v) is 8.65. The summed E-state index contributed by atoms with van der Waals surface area (Å²) in [5, 5.41) is 31.7. The highest BCUT2D eigenvalue weighted by Crippen LogP contribution is 2.67. The van der Waals surface area contributed by atoms with Gasteiger partial charge in [-0.2, -0.15) is 0 Å². The number of hydrogen-bond acceptors (Lipinski definition) is 5. The lowest BCUT2D eigenvalue weighted by molar-refractivity contribution is -0.182. The van der Waals surface area contributed by atoms with Gasteiger partial charge in [0.05, 0.1) is 6.10 Å². The Hall–Kier alpha value is -1.04. The molecule has 7 atom stereocenters. The summed E-state index contributed by atoms with van der Waals surface area (Å²) in [6.07, 6.45) is 5.74. The molecule has 5 nitrogen and oxygen atoms in total. The number of ketones is 2. The maximum absolute atomic E-state index is 12.4. The average molecular weight is 362 g/mol. The van der Waals surface area contributed by atoms with Crippen molar-refractivity contribution in [2.75, 3.05) is 6.61 Å². The Morgan fingerprint density at radius 3 is 2.65 bits per heavy atom. The molecule has 144 valence electrons. The molecule has 26 heavy (non-hydrogen) atoms. The standard InChI is InChI=1S/C21H30O5/c1-19-7-5-13(23)9-12(19)3-4-14-15-6-8-21(26,17(25)11-22)20(15,2)10-16(24)18(14)19/h9,14-16,18,22,24,26H,3-8,10-11H2,1-2H3/t14-,15-,16?,18?,19-,20-,21-/m0/s1. The molecule has 3 N–H and O–H groups in total. The molecular weight excluding hydrogens is 332 g/mol. The highest BCUT2D eigenvalue weighted by atomic mass is 16.3. The molecular formula is C21H30O5. The van der Waals surface area contributed by atoms with Gasteiger partial charge in [0.2, 0.25) is 0 Å². The second kappa shape index (κ2) is 5.73. The van der Waals surface area contributed by atoms with E-state index in [-0.39, 0.29) is 29.0 Å². The zero-order chi connectivity index (χ0) is 18.9.